The quantitative estimate of drug-likeness (QED) is 0.648. The van der Waals surface area contributed by atoms with Crippen LogP contribution in [0.1, 0.15) is 27.2 Å². The monoisotopic (exact) mass is 371 g/mol. The van der Waals surface area contributed by atoms with Gasteiger partial charge in [0, 0.05) is 5.92 Å². The molecule has 0 bridgehead atoms. The predicted molar refractivity (Wildman–Crippen MR) is 103 cm³/mol. The number of ether oxygens (including phenoxy) is 1. The van der Waals surface area contributed by atoms with Crippen LogP contribution in [-0.2, 0) is 14.4 Å². The third-order valence-corrected chi connectivity index (χ3v) is 4.21. The molecule has 144 valence electrons. The SMILES string of the molecule is CCC(C)C(=O)NCC(=O)NNC(=O)C(C)Oc1ccc2ccccc2c1. The van der Waals surface area contributed by atoms with Gasteiger partial charge in [0.25, 0.3) is 11.8 Å². The Balaban J connectivity index is 1.79. The van der Waals surface area contributed by atoms with Crippen molar-refractivity contribution in [2.75, 3.05) is 6.54 Å². The average Bonchev–Trinajstić information content (AvgIpc) is 2.69. The first-order chi connectivity index (χ1) is 12.9. The van der Waals surface area contributed by atoms with E-state index in [9.17, 15) is 14.4 Å². The molecule has 3 N–H and O–H groups in total. The van der Waals surface area contributed by atoms with Crippen LogP contribution < -0.4 is 20.9 Å². The molecule has 0 aliphatic rings. The van der Waals surface area contributed by atoms with E-state index in [4.69, 9.17) is 4.74 Å². The van der Waals surface area contributed by atoms with E-state index in [1.54, 1.807) is 19.9 Å². The standard InChI is InChI=1S/C20H25N3O4/c1-4-13(2)19(25)21-12-18(24)22-23-20(26)14(3)27-17-10-9-15-7-5-6-8-16(15)11-17/h5-11,13-14H,4,12H2,1-3H3,(H,21,25)(H,22,24)(H,23,26). The number of hydrogen-bond donors (Lipinski definition) is 3. The molecule has 0 aromatic heterocycles. The maximum Gasteiger partial charge on any atom is 0.279 e. The minimum Gasteiger partial charge on any atom is -0.481 e. The van der Waals surface area contributed by atoms with Gasteiger partial charge in [-0.15, -0.1) is 0 Å². The molecule has 0 aliphatic carbocycles. The van der Waals surface area contributed by atoms with Crippen molar-refractivity contribution in [3.63, 3.8) is 0 Å². The molecule has 2 aromatic rings. The molecular weight excluding hydrogens is 346 g/mol. The Hall–Kier alpha value is -3.09. The number of benzene rings is 2. The van der Waals surface area contributed by atoms with E-state index in [1.165, 1.54) is 0 Å². The van der Waals surface area contributed by atoms with Crippen LogP contribution in [0.5, 0.6) is 5.75 Å². The molecule has 0 heterocycles. The van der Waals surface area contributed by atoms with Crippen LogP contribution in [0.25, 0.3) is 10.8 Å². The molecule has 2 rings (SSSR count). The summed E-state index contributed by atoms with van der Waals surface area (Å²) >= 11 is 0. The van der Waals surface area contributed by atoms with Gasteiger partial charge >= 0.3 is 0 Å². The summed E-state index contributed by atoms with van der Waals surface area (Å²) in [6.07, 6.45) is -0.116. The zero-order valence-electron chi connectivity index (χ0n) is 15.7. The van der Waals surface area contributed by atoms with Crippen LogP contribution >= 0.6 is 0 Å². The topological polar surface area (TPSA) is 96.5 Å². The normalized spacial score (nSPS) is 12.7. The highest BCUT2D eigenvalue weighted by atomic mass is 16.5. The number of rotatable bonds is 7. The molecule has 27 heavy (non-hydrogen) atoms. The van der Waals surface area contributed by atoms with Crippen LogP contribution in [0.3, 0.4) is 0 Å². The summed E-state index contributed by atoms with van der Waals surface area (Å²) in [4.78, 5) is 35.4. The van der Waals surface area contributed by atoms with E-state index in [1.807, 2.05) is 43.3 Å². The van der Waals surface area contributed by atoms with E-state index >= 15 is 0 Å². The van der Waals surface area contributed by atoms with Gasteiger partial charge in [0.15, 0.2) is 6.10 Å². The molecule has 2 aromatic carbocycles. The summed E-state index contributed by atoms with van der Waals surface area (Å²) in [6, 6.07) is 13.4. The highest BCUT2D eigenvalue weighted by Crippen LogP contribution is 2.21. The largest absolute Gasteiger partial charge is 0.481 e. The molecule has 7 heteroatoms. The Morgan fingerprint density at radius 3 is 2.37 bits per heavy atom. The van der Waals surface area contributed by atoms with Gasteiger partial charge in [0.05, 0.1) is 6.54 Å². The summed E-state index contributed by atoms with van der Waals surface area (Å²) < 4.78 is 5.63. The van der Waals surface area contributed by atoms with Gasteiger partial charge in [-0.3, -0.25) is 25.2 Å². The van der Waals surface area contributed by atoms with Gasteiger partial charge in [-0.05, 0) is 36.2 Å². The van der Waals surface area contributed by atoms with Gasteiger partial charge < -0.3 is 10.1 Å². The maximum atomic E-state index is 12.1. The van der Waals surface area contributed by atoms with Crippen molar-refractivity contribution in [3.05, 3.63) is 42.5 Å². The zero-order chi connectivity index (χ0) is 19.8. The first-order valence-corrected chi connectivity index (χ1v) is 8.92. The number of fused-ring (bicyclic) bond motifs is 1. The molecule has 3 amide bonds. The van der Waals surface area contributed by atoms with Crippen molar-refractivity contribution in [2.45, 2.75) is 33.3 Å². The third-order valence-electron chi connectivity index (χ3n) is 4.21. The number of hydrazine groups is 1. The fourth-order valence-corrected chi connectivity index (χ4v) is 2.30. The minimum atomic E-state index is -0.804. The van der Waals surface area contributed by atoms with Crippen molar-refractivity contribution < 1.29 is 19.1 Å². The number of nitrogens with one attached hydrogen (secondary N) is 3. The van der Waals surface area contributed by atoms with Crippen LogP contribution in [0, 0.1) is 5.92 Å². The minimum absolute atomic E-state index is 0.164. The Bertz CT molecular complexity index is 822. The molecule has 7 nitrogen and oxygen atoms in total. The summed E-state index contributed by atoms with van der Waals surface area (Å²) in [5, 5.41) is 4.59. The number of carbonyl (C=O) groups excluding carboxylic acids is 3. The molecule has 0 aliphatic heterocycles. The van der Waals surface area contributed by atoms with E-state index in [0.717, 1.165) is 10.8 Å². The zero-order valence-corrected chi connectivity index (χ0v) is 15.7. The van der Waals surface area contributed by atoms with Crippen LogP contribution in [0.4, 0.5) is 0 Å². The van der Waals surface area contributed by atoms with Crippen LogP contribution in [0.2, 0.25) is 0 Å². The number of amides is 3. The lowest BCUT2D eigenvalue weighted by Crippen LogP contribution is -2.50. The van der Waals surface area contributed by atoms with E-state index < -0.39 is 17.9 Å². The smallest absolute Gasteiger partial charge is 0.279 e. The van der Waals surface area contributed by atoms with Crippen molar-refractivity contribution in [3.8, 4) is 5.75 Å². The van der Waals surface area contributed by atoms with E-state index in [2.05, 4.69) is 16.2 Å². The molecule has 2 unspecified atom stereocenters. The second-order valence-corrected chi connectivity index (χ2v) is 6.33. The molecule has 0 fully saturated rings. The Morgan fingerprint density at radius 2 is 1.67 bits per heavy atom. The van der Waals surface area contributed by atoms with Gasteiger partial charge in [-0.1, -0.05) is 44.2 Å². The molecular formula is C20H25N3O4. The number of carbonyl (C=O) groups is 3. The van der Waals surface area contributed by atoms with Crippen molar-refractivity contribution >= 4 is 28.5 Å². The summed E-state index contributed by atoms with van der Waals surface area (Å²) in [7, 11) is 0. The molecule has 0 radical (unpaired) electrons. The Labute approximate surface area is 158 Å². The second-order valence-electron chi connectivity index (χ2n) is 6.33. The first kappa shape index (κ1) is 20.2. The highest BCUT2D eigenvalue weighted by Gasteiger charge is 2.16. The Kier molecular flexibility index (Phi) is 7.16. The summed E-state index contributed by atoms with van der Waals surface area (Å²) in [6.45, 7) is 5.05. The highest BCUT2D eigenvalue weighted by molar-refractivity contribution is 5.88. The first-order valence-electron chi connectivity index (χ1n) is 8.92. The van der Waals surface area contributed by atoms with Crippen molar-refractivity contribution in [1.82, 2.24) is 16.2 Å². The predicted octanol–water partition coefficient (Wildman–Crippen LogP) is 1.92. The van der Waals surface area contributed by atoms with Gasteiger partial charge in [0.2, 0.25) is 5.91 Å². The molecule has 0 spiro atoms. The lowest BCUT2D eigenvalue weighted by molar-refractivity contribution is -0.133. The van der Waals surface area contributed by atoms with Crippen LogP contribution in [-0.4, -0.2) is 30.4 Å². The summed E-state index contributed by atoms with van der Waals surface area (Å²) in [5.74, 6) is -0.819. The third kappa shape index (κ3) is 5.99. The van der Waals surface area contributed by atoms with E-state index in [-0.39, 0.29) is 18.4 Å². The maximum absolute atomic E-state index is 12.1. The molecule has 0 saturated carbocycles. The molecule has 2 atom stereocenters. The van der Waals surface area contributed by atoms with Crippen LogP contribution in [0.15, 0.2) is 42.5 Å². The second kappa shape index (κ2) is 9.56. The van der Waals surface area contributed by atoms with Crippen molar-refractivity contribution in [2.24, 2.45) is 5.92 Å². The summed E-state index contributed by atoms with van der Waals surface area (Å²) in [5.41, 5.74) is 4.55. The Morgan fingerprint density at radius 1 is 0.963 bits per heavy atom. The van der Waals surface area contributed by atoms with Crippen molar-refractivity contribution in [1.29, 1.82) is 0 Å². The number of hydrogen-bond acceptors (Lipinski definition) is 4. The lowest BCUT2D eigenvalue weighted by Gasteiger charge is -2.16. The molecule has 0 saturated heterocycles. The van der Waals surface area contributed by atoms with E-state index in [0.29, 0.717) is 12.2 Å². The fraction of sp³-hybridized carbons (Fsp3) is 0.350. The van der Waals surface area contributed by atoms with Gasteiger partial charge in [-0.25, -0.2) is 0 Å². The average molecular weight is 371 g/mol. The van der Waals surface area contributed by atoms with Gasteiger partial charge in [0.1, 0.15) is 5.75 Å². The lowest BCUT2D eigenvalue weighted by atomic mass is 10.1. The fourth-order valence-electron chi connectivity index (χ4n) is 2.30. The van der Waals surface area contributed by atoms with Gasteiger partial charge in [-0.2, -0.15) is 0 Å².